The second-order valence-corrected chi connectivity index (χ2v) is 5.80. The van der Waals surface area contributed by atoms with Crippen molar-refractivity contribution in [1.82, 2.24) is 14.6 Å². The summed E-state index contributed by atoms with van der Waals surface area (Å²) in [6.07, 6.45) is 2.07. The molecule has 0 bridgehead atoms. The molecule has 6 heteroatoms. The van der Waals surface area contributed by atoms with E-state index in [1.807, 2.05) is 22.2 Å². The molecule has 0 aliphatic carbocycles. The lowest BCUT2D eigenvalue weighted by Crippen LogP contribution is -2.12. The van der Waals surface area contributed by atoms with Gasteiger partial charge >= 0.3 is 5.97 Å². The van der Waals surface area contributed by atoms with Crippen LogP contribution in [-0.2, 0) is 11.2 Å². The smallest absolute Gasteiger partial charge is 0.355 e. The minimum Gasteiger partial charge on any atom is -0.464 e. The zero-order valence-corrected chi connectivity index (χ0v) is 11.5. The SMILES string of the molecule is COC(=O)c1cccc2nnc(CC3CCSC3)n12. The molecular formula is C13H15N3O2S. The zero-order chi connectivity index (χ0) is 13.2. The number of carbonyl (C=O) groups excluding carboxylic acids is 1. The number of fused-ring (bicyclic) bond motifs is 1. The van der Waals surface area contributed by atoms with E-state index in [0.717, 1.165) is 18.0 Å². The molecule has 1 fully saturated rings. The second kappa shape index (κ2) is 5.21. The van der Waals surface area contributed by atoms with Gasteiger partial charge in [-0.1, -0.05) is 6.07 Å². The Bertz CT molecular complexity index is 605. The van der Waals surface area contributed by atoms with Crippen LogP contribution in [0.1, 0.15) is 22.7 Å². The average Bonchev–Trinajstić information content (AvgIpc) is 3.08. The highest BCUT2D eigenvalue weighted by atomic mass is 32.2. The monoisotopic (exact) mass is 277 g/mol. The molecule has 1 saturated heterocycles. The number of hydrogen-bond donors (Lipinski definition) is 0. The van der Waals surface area contributed by atoms with Gasteiger partial charge in [0.05, 0.1) is 7.11 Å². The predicted molar refractivity (Wildman–Crippen MR) is 73.5 cm³/mol. The normalized spacial score (nSPS) is 18.9. The van der Waals surface area contributed by atoms with E-state index < -0.39 is 0 Å². The predicted octanol–water partition coefficient (Wildman–Crippen LogP) is 1.81. The third-order valence-corrected chi connectivity index (χ3v) is 4.62. The number of methoxy groups -OCH3 is 1. The first-order valence-corrected chi connectivity index (χ1v) is 7.44. The van der Waals surface area contributed by atoms with Gasteiger partial charge in [-0.2, -0.15) is 11.8 Å². The molecule has 0 radical (unpaired) electrons. The molecule has 2 aromatic rings. The van der Waals surface area contributed by atoms with Gasteiger partial charge in [-0.3, -0.25) is 4.40 Å². The van der Waals surface area contributed by atoms with Gasteiger partial charge in [-0.05, 0) is 36.0 Å². The number of nitrogens with zero attached hydrogens (tertiary/aromatic N) is 3. The van der Waals surface area contributed by atoms with E-state index in [0.29, 0.717) is 17.3 Å². The molecule has 3 heterocycles. The Labute approximate surface area is 115 Å². The molecule has 100 valence electrons. The lowest BCUT2D eigenvalue weighted by molar-refractivity contribution is 0.0592. The summed E-state index contributed by atoms with van der Waals surface area (Å²) in [5, 5.41) is 8.37. The first-order valence-electron chi connectivity index (χ1n) is 6.28. The maximum atomic E-state index is 11.8. The van der Waals surface area contributed by atoms with Crippen molar-refractivity contribution in [3.63, 3.8) is 0 Å². The van der Waals surface area contributed by atoms with Gasteiger partial charge in [0.25, 0.3) is 0 Å². The van der Waals surface area contributed by atoms with Crippen LogP contribution in [0.3, 0.4) is 0 Å². The molecular weight excluding hydrogens is 262 g/mol. The number of pyridine rings is 1. The van der Waals surface area contributed by atoms with Gasteiger partial charge in [-0.25, -0.2) is 4.79 Å². The summed E-state index contributed by atoms with van der Waals surface area (Å²) in [5.41, 5.74) is 1.19. The van der Waals surface area contributed by atoms with Crippen LogP contribution in [0, 0.1) is 5.92 Å². The molecule has 1 unspecified atom stereocenters. The van der Waals surface area contributed by atoms with E-state index >= 15 is 0 Å². The number of hydrogen-bond acceptors (Lipinski definition) is 5. The number of ether oxygens (including phenoxy) is 1. The second-order valence-electron chi connectivity index (χ2n) is 4.65. The molecule has 1 atom stereocenters. The molecule has 0 amide bonds. The summed E-state index contributed by atoms with van der Waals surface area (Å²) in [6.45, 7) is 0. The Morgan fingerprint density at radius 2 is 2.42 bits per heavy atom. The third kappa shape index (κ3) is 2.32. The van der Waals surface area contributed by atoms with Crippen LogP contribution in [0.4, 0.5) is 0 Å². The highest BCUT2D eigenvalue weighted by molar-refractivity contribution is 7.99. The maximum Gasteiger partial charge on any atom is 0.355 e. The lowest BCUT2D eigenvalue weighted by atomic mass is 10.1. The number of carbonyl (C=O) groups is 1. The van der Waals surface area contributed by atoms with Crippen LogP contribution in [0.25, 0.3) is 5.65 Å². The van der Waals surface area contributed by atoms with Gasteiger partial charge < -0.3 is 4.74 Å². The van der Waals surface area contributed by atoms with Gasteiger partial charge in [0.15, 0.2) is 5.65 Å². The lowest BCUT2D eigenvalue weighted by Gasteiger charge is -2.08. The van der Waals surface area contributed by atoms with E-state index in [-0.39, 0.29) is 5.97 Å². The average molecular weight is 277 g/mol. The number of esters is 1. The topological polar surface area (TPSA) is 56.5 Å². The van der Waals surface area contributed by atoms with Crippen molar-refractivity contribution < 1.29 is 9.53 Å². The summed E-state index contributed by atoms with van der Waals surface area (Å²) >= 11 is 1.98. The van der Waals surface area contributed by atoms with Crippen molar-refractivity contribution in [2.45, 2.75) is 12.8 Å². The molecule has 5 nitrogen and oxygen atoms in total. The van der Waals surface area contributed by atoms with Crippen molar-refractivity contribution >= 4 is 23.4 Å². The molecule has 0 N–H and O–H groups in total. The van der Waals surface area contributed by atoms with Crippen molar-refractivity contribution in [3.05, 3.63) is 29.7 Å². The maximum absolute atomic E-state index is 11.8. The van der Waals surface area contributed by atoms with Crippen molar-refractivity contribution in [2.75, 3.05) is 18.6 Å². The largest absolute Gasteiger partial charge is 0.464 e. The van der Waals surface area contributed by atoms with Gasteiger partial charge in [-0.15, -0.1) is 10.2 Å². The number of aromatic nitrogens is 3. The number of rotatable bonds is 3. The van der Waals surface area contributed by atoms with E-state index in [1.165, 1.54) is 19.3 Å². The van der Waals surface area contributed by atoms with Gasteiger partial charge in [0.1, 0.15) is 11.5 Å². The molecule has 19 heavy (non-hydrogen) atoms. The molecule has 2 aromatic heterocycles. The highest BCUT2D eigenvalue weighted by Gasteiger charge is 2.21. The fourth-order valence-electron chi connectivity index (χ4n) is 2.40. The standard InChI is InChI=1S/C13H15N3O2S/c1-18-13(17)10-3-2-4-11-14-15-12(16(10)11)7-9-5-6-19-8-9/h2-4,9H,5-8H2,1H3. The van der Waals surface area contributed by atoms with Gasteiger partial charge in [0.2, 0.25) is 0 Å². The molecule has 0 spiro atoms. The van der Waals surface area contributed by atoms with Crippen LogP contribution >= 0.6 is 11.8 Å². The summed E-state index contributed by atoms with van der Waals surface area (Å²) in [4.78, 5) is 11.8. The van der Waals surface area contributed by atoms with E-state index in [9.17, 15) is 4.79 Å². The number of thioether (sulfide) groups is 1. The molecule has 1 aliphatic heterocycles. The molecule has 1 aliphatic rings. The summed E-state index contributed by atoms with van der Waals surface area (Å²) in [5.74, 6) is 3.50. The Kier molecular flexibility index (Phi) is 3.42. The summed E-state index contributed by atoms with van der Waals surface area (Å²) < 4.78 is 6.63. The Hall–Kier alpha value is -1.56. The minimum atomic E-state index is -0.354. The molecule has 0 aromatic carbocycles. The van der Waals surface area contributed by atoms with Crippen LogP contribution in [0.5, 0.6) is 0 Å². The van der Waals surface area contributed by atoms with Gasteiger partial charge in [0, 0.05) is 6.42 Å². The zero-order valence-electron chi connectivity index (χ0n) is 10.7. The Morgan fingerprint density at radius 1 is 1.53 bits per heavy atom. The van der Waals surface area contributed by atoms with Crippen molar-refractivity contribution in [2.24, 2.45) is 5.92 Å². The fraction of sp³-hybridized carbons (Fsp3) is 0.462. The van der Waals surface area contributed by atoms with Crippen LogP contribution in [-0.4, -0.2) is 39.2 Å². The van der Waals surface area contributed by atoms with E-state index in [4.69, 9.17) is 4.74 Å². The summed E-state index contributed by atoms with van der Waals surface area (Å²) in [7, 11) is 1.39. The van der Waals surface area contributed by atoms with E-state index in [2.05, 4.69) is 10.2 Å². The Balaban J connectivity index is 2.01. The van der Waals surface area contributed by atoms with Crippen LogP contribution in [0.2, 0.25) is 0 Å². The van der Waals surface area contributed by atoms with Crippen LogP contribution < -0.4 is 0 Å². The van der Waals surface area contributed by atoms with Crippen molar-refractivity contribution in [1.29, 1.82) is 0 Å². The van der Waals surface area contributed by atoms with E-state index in [1.54, 1.807) is 12.1 Å². The highest BCUT2D eigenvalue weighted by Crippen LogP contribution is 2.26. The van der Waals surface area contributed by atoms with Crippen LogP contribution in [0.15, 0.2) is 18.2 Å². The quantitative estimate of drug-likeness (QED) is 0.801. The fourth-order valence-corrected chi connectivity index (χ4v) is 3.68. The Morgan fingerprint density at radius 3 is 3.16 bits per heavy atom. The van der Waals surface area contributed by atoms with Crippen molar-refractivity contribution in [3.8, 4) is 0 Å². The minimum absolute atomic E-state index is 0.354. The third-order valence-electron chi connectivity index (χ3n) is 3.39. The molecule has 3 rings (SSSR count). The first kappa shape index (κ1) is 12.5. The summed E-state index contributed by atoms with van der Waals surface area (Å²) in [6, 6.07) is 5.40. The molecule has 0 saturated carbocycles. The first-order chi connectivity index (χ1) is 9.29.